The molecule has 0 aliphatic carbocycles. The molecule has 0 aliphatic rings. The summed E-state index contributed by atoms with van der Waals surface area (Å²) in [6, 6.07) is 12.6. The number of pyridine rings is 1. The fourth-order valence-corrected chi connectivity index (χ4v) is 2.35. The predicted molar refractivity (Wildman–Crippen MR) is 84.4 cm³/mol. The van der Waals surface area contributed by atoms with Crippen LogP contribution in [0.1, 0.15) is 25.8 Å². The third-order valence-corrected chi connectivity index (χ3v) is 3.76. The lowest BCUT2D eigenvalue weighted by Crippen LogP contribution is -2.31. The normalized spacial score (nSPS) is 11.3. The van der Waals surface area contributed by atoms with Gasteiger partial charge in [-0.2, -0.15) is 0 Å². The molecular weight excluding hydrogens is 300 g/mol. The summed E-state index contributed by atoms with van der Waals surface area (Å²) in [5.41, 5.74) is 2.51. The Hall–Kier alpha value is -1.35. The number of nitrogens with one attached hydrogen (secondary N) is 1. The Morgan fingerprint density at radius 3 is 2.58 bits per heavy atom. The second kappa shape index (κ2) is 6.20. The molecule has 0 saturated carbocycles. The van der Waals surface area contributed by atoms with Gasteiger partial charge in [0.1, 0.15) is 0 Å². The number of hydrogen-bond acceptors (Lipinski definition) is 2. The Labute approximate surface area is 123 Å². The minimum atomic E-state index is 0.0414. The van der Waals surface area contributed by atoms with Gasteiger partial charge in [0.05, 0.1) is 10.2 Å². The van der Waals surface area contributed by atoms with Gasteiger partial charge in [-0.05, 0) is 54.2 Å². The van der Waals surface area contributed by atoms with Gasteiger partial charge in [-0.1, -0.05) is 30.3 Å². The van der Waals surface area contributed by atoms with E-state index in [4.69, 9.17) is 0 Å². The first kappa shape index (κ1) is 14.1. The third-order valence-electron chi connectivity index (χ3n) is 3.13. The minimum Gasteiger partial charge on any atom is -0.379 e. The molecular formula is C16H19BrN2. The van der Waals surface area contributed by atoms with E-state index in [1.165, 1.54) is 5.56 Å². The van der Waals surface area contributed by atoms with Crippen LogP contribution in [0.15, 0.2) is 53.3 Å². The van der Waals surface area contributed by atoms with E-state index < -0.39 is 0 Å². The highest BCUT2D eigenvalue weighted by Crippen LogP contribution is 2.26. The summed E-state index contributed by atoms with van der Waals surface area (Å²) in [6.07, 6.45) is 5.77. The van der Waals surface area contributed by atoms with Crippen LogP contribution in [-0.2, 0) is 6.42 Å². The number of hydrogen-bond donors (Lipinski definition) is 1. The number of rotatable bonds is 5. The number of anilines is 1. The molecule has 3 heteroatoms. The molecule has 2 aromatic rings. The highest BCUT2D eigenvalue weighted by atomic mass is 79.9. The first-order valence-corrected chi connectivity index (χ1v) is 7.28. The first-order chi connectivity index (χ1) is 9.07. The topological polar surface area (TPSA) is 24.9 Å². The minimum absolute atomic E-state index is 0.0414. The zero-order valence-electron chi connectivity index (χ0n) is 11.4. The van der Waals surface area contributed by atoms with Crippen molar-refractivity contribution in [3.63, 3.8) is 0 Å². The zero-order chi connectivity index (χ0) is 13.7. The molecule has 1 heterocycles. The maximum Gasteiger partial charge on any atom is 0.0590 e. The van der Waals surface area contributed by atoms with Crippen molar-refractivity contribution in [3.05, 3.63) is 58.8 Å². The van der Waals surface area contributed by atoms with E-state index in [0.29, 0.717) is 0 Å². The van der Waals surface area contributed by atoms with Crippen molar-refractivity contribution in [2.24, 2.45) is 0 Å². The van der Waals surface area contributed by atoms with Gasteiger partial charge < -0.3 is 5.32 Å². The SMILES string of the molecule is CC(C)(CCc1ccccc1)Nc1ccncc1Br. The number of halogens is 1. The zero-order valence-corrected chi connectivity index (χ0v) is 12.9. The van der Waals surface area contributed by atoms with Crippen LogP contribution in [0.25, 0.3) is 0 Å². The smallest absolute Gasteiger partial charge is 0.0590 e. The Morgan fingerprint density at radius 1 is 1.16 bits per heavy atom. The van der Waals surface area contributed by atoms with Crippen molar-refractivity contribution >= 4 is 21.6 Å². The van der Waals surface area contributed by atoms with Gasteiger partial charge in [0.25, 0.3) is 0 Å². The lowest BCUT2D eigenvalue weighted by Gasteiger charge is -2.28. The summed E-state index contributed by atoms with van der Waals surface area (Å²) in [5.74, 6) is 0. The largest absolute Gasteiger partial charge is 0.379 e. The van der Waals surface area contributed by atoms with Gasteiger partial charge >= 0.3 is 0 Å². The van der Waals surface area contributed by atoms with Crippen molar-refractivity contribution < 1.29 is 0 Å². The summed E-state index contributed by atoms with van der Waals surface area (Å²) in [4.78, 5) is 4.08. The molecule has 1 aromatic heterocycles. The van der Waals surface area contributed by atoms with Crippen molar-refractivity contribution in [3.8, 4) is 0 Å². The van der Waals surface area contributed by atoms with E-state index in [1.54, 1.807) is 6.20 Å². The molecule has 0 fully saturated rings. The van der Waals surface area contributed by atoms with Crippen molar-refractivity contribution in [2.75, 3.05) is 5.32 Å². The number of nitrogens with zero attached hydrogens (tertiary/aromatic N) is 1. The van der Waals surface area contributed by atoms with Gasteiger partial charge in [0.15, 0.2) is 0 Å². The molecule has 0 bridgehead atoms. The monoisotopic (exact) mass is 318 g/mol. The van der Waals surface area contributed by atoms with E-state index in [2.05, 4.69) is 70.4 Å². The lowest BCUT2D eigenvalue weighted by molar-refractivity contribution is 0.518. The van der Waals surface area contributed by atoms with Crippen LogP contribution in [0, 0.1) is 0 Å². The summed E-state index contributed by atoms with van der Waals surface area (Å²) in [5, 5.41) is 3.57. The van der Waals surface area contributed by atoms with E-state index in [9.17, 15) is 0 Å². The van der Waals surface area contributed by atoms with Crippen LogP contribution in [0.2, 0.25) is 0 Å². The summed E-state index contributed by atoms with van der Waals surface area (Å²) >= 11 is 3.52. The fraction of sp³-hybridized carbons (Fsp3) is 0.312. The van der Waals surface area contributed by atoms with Crippen molar-refractivity contribution in [2.45, 2.75) is 32.2 Å². The van der Waals surface area contributed by atoms with E-state index in [0.717, 1.165) is 23.0 Å². The molecule has 1 aromatic carbocycles. The van der Waals surface area contributed by atoms with Gasteiger partial charge in [0.2, 0.25) is 0 Å². The van der Waals surface area contributed by atoms with Crippen LogP contribution < -0.4 is 5.32 Å². The molecule has 100 valence electrons. The standard InChI is InChI=1S/C16H19BrN2/c1-16(2,10-8-13-6-4-3-5-7-13)19-15-9-11-18-12-14(15)17/h3-7,9,11-12H,8,10H2,1-2H3,(H,18,19). The van der Waals surface area contributed by atoms with Crippen LogP contribution in [-0.4, -0.2) is 10.5 Å². The highest BCUT2D eigenvalue weighted by Gasteiger charge is 2.18. The number of benzene rings is 1. The van der Waals surface area contributed by atoms with E-state index in [-0.39, 0.29) is 5.54 Å². The Kier molecular flexibility index (Phi) is 4.59. The molecule has 2 nitrogen and oxygen atoms in total. The van der Waals surface area contributed by atoms with Gasteiger partial charge in [0, 0.05) is 17.9 Å². The molecule has 19 heavy (non-hydrogen) atoms. The molecule has 1 N–H and O–H groups in total. The predicted octanol–water partition coefficient (Wildman–Crippen LogP) is 4.67. The second-order valence-corrected chi connectivity index (χ2v) is 6.20. The maximum absolute atomic E-state index is 4.08. The van der Waals surface area contributed by atoms with Gasteiger partial charge in [-0.3, -0.25) is 4.98 Å². The molecule has 0 aliphatic heterocycles. The quantitative estimate of drug-likeness (QED) is 0.866. The second-order valence-electron chi connectivity index (χ2n) is 5.35. The van der Waals surface area contributed by atoms with Crippen LogP contribution in [0.4, 0.5) is 5.69 Å². The first-order valence-electron chi connectivity index (χ1n) is 6.48. The van der Waals surface area contributed by atoms with Crippen LogP contribution >= 0.6 is 15.9 Å². The third kappa shape index (κ3) is 4.35. The average molecular weight is 319 g/mol. The van der Waals surface area contributed by atoms with Gasteiger partial charge in [-0.25, -0.2) is 0 Å². The lowest BCUT2D eigenvalue weighted by atomic mass is 9.95. The molecule has 0 radical (unpaired) electrons. The molecule has 0 spiro atoms. The van der Waals surface area contributed by atoms with E-state index in [1.807, 2.05) is 12.3 Å². The van der Waals surface area contributed by atoms with Crippen molar-refractivity contribution in [1.29, 1.82) is 0 Å². The summed E-state index contributed by atoms with van der Waals surface area (Å²) in [7, 11) is 0. The van der Waals surface area contributed by atoms with Crippen LogP contribution in [0.3, 0.4) is 0 Å². The van der Waals surface area contributed by atoms with Crippen LogP contribution in [0.5, 0.6) is 0 Å². The Balaban J connectivity index is 1.97. The summed E-state index contributed by atoms with van der Waals surface area (Å²) < 4.78 is 1.00. The maximum atomic E-state index is 4.08. The number of aryl methyl sites for hydroxylation is 1. The molecule has 0 atom stereocenters. The fourth-order valence-electron chi connectivity index (χ4n) is 2.01. The molecule has 2 rings (SSSR count). The highest BCUT2D eigenvalue weighted by molar-refractivity contribution is 9.10. The molecule has 0 unspecified atom stereocenters. The molecule has 0 amide bonds. The van der Waals surface area contributed by atoms with Gasteiger partial charge in [-0.15, -0.1) is 0 Å². The summed E-state index contributed by atoms with van der Waals surface area (Å²) in [6.45, 7) is 4.45. The van der Waals surface area contributed by atoms with Crippen molar-refractivity contribution in [1.82, 2.24) is 4.98 Å². The number of aromatic nitrogens is 1. The Bertz CT molecular complexity index is 523. The average Bonchev–Trinajstić information content (AvgIpc) is 2.40. The van der Waals surface area contributed by atoms with E-state index >= 15 is 0 Å². The Morgan fingerprint density at radius 2 is 1.89 bits per heavy atom. The molecule has 0 saturated heterocycles.